The molecule has 94 valence electrons. The number of amides is 1. The molecule has 0 unspecified atom stereocenters. The molecule has 1 amide bonds. The molecule has 16 heavy (non-hydrogen) atoms. The molecule has 0 saturated heterocycles. The molecule has 0 aliphatic carbocycles. The summed E-state index contributed by atoms with van der Waals surface area (Å²) in [5.74, 6) is 0.536. The van der Waals surface area contributed by atoms with E-state index in [9.17, 15) is 4.79 Å². The standard InChI is InChI=1S/C11H24N4O/c1-5-15(6-2)10(16)7-8-13-11(12)14-9(3)4/h9H,5-8H2,1-4H3,(H3,12,13,14). The van der Waals surface area contributed by atoms with Crippen LogP contribution in [-0.4, -0.2) is 42.4 Å². The largest absolute Gasteiger partial charge is 0.370 e. The number of nitrogens with one attached hydrogen (secondary N) is 1. The maximum atomic E-state index is 11.6. The lowest BCUT2D eigenvalue weighted by Gasteiger charge is -2.17. The summed E-state index contributed by atoms with van der Waals surface area (Å²) in [5.41, 5.74) is 5.62. The van der Waals surface area contributed by atoms with E-state index in [1.807, 2.05) is 27.7 Å². The van der Waals surface area contributed by atoms with Crippen molar-refractivity contribution in [2.24, 2.45) is 10.7 Å². The lowest BCUT2D eigenvalue weighted by atomic mass is 10.3. The lowest BCUT2D eigenvalue weighted by Crippen LogP contribution is -2.37. The van der Waals surface area contributed by atoms with Crippen molar-refractivity contribution in [2.45, 2.75) is 40.2 Å². The van der Waals surface area contributed by atoms with E-state index in [1.165, 1.54) is 0 Å². The van der Waals surface area contributed by atoms with Gasteiger partial charge < -0.3 is 16.0 Å². The molecular formula is C11H24N4O. The van der Waals surface area contributed by atoms with Crippen LogP contribution in [0.3, 0.4) is 0 Å². The topological polar surface area (TPSA) is 70.7 Å². The minimum absolute atomic E-state index is 0.131. The van der Waals surface area contributed by atoms with E-state index in [4.69, 9.17) is 5.73 Å². The smallest absolute Gasteiger partial charge is 0.224 e. The first kappa shape index (κ1) is 14.7. The Hall–Kier alpha value is -1.26. The molecule has 0 aliphatic heterocycles. The molecular weight excluding hydrogens is 204 g/mol. The molecule has 5 heteroatoms. The predicted octanol–water partition coefficient (Wildman–Crippen LogP) is 0.558. The van der Waals surface area contributed by atoms with Gasteiger partial charge >= 0.3 is 0 Å². The number of hydrogen-bond acceptors (Lipinski definition) is 2. The van der Waals surface area contributed by atoms with E-state index in [-0.39, 0.29) is 11.9 Å². The molecule has 0 aromatic rings. The Kier molecular flexibility index (Phi) is 7.33. The summed E-state index contributed by atoms with van der Waals surface area (Å²) in [7, 11) is 0. The molecule has 0 rings (SSSR count). The average molecular weight is 228 g/mol. The van der Waals surface area contributed by atoms with Crippen LogP contribution in [0.1, 0.15) is 34.1 Å². The Morgan fingerprint density at radius 2 is 1.94 bits per heavy atom. The molecule has 0 aromatic carbocycles. The van der Waals surface area contributed by atoms with Crippen molar-refractivity contribution in [2.75, 3.05) is 19.6 Å². The van der Waals surface area contributed by atoms with Crippen LogP contribution >= 0.6 is 0 Å². The van der Waals surface area contributed by atoms with E-state index < -0.39 is 0 Å². The highest BCUT2D eigenvalue weighted by molar-refractivity contribution is 5.79. The number of nitrogens with zero attached hydrogens (tertiary/aromatic N) is 2. The van der Waals surface area contributed by atoms with E-state index in [2.05, 4.69) is 10.3 Å². The van der Waals surface area contributed by atoms with Gasteiger partial charge in [0.1, 0.15) is 0 Å². The van der Waals surface area contributed by atoms with E-state index >= 15 is 0 Å². The van der Waals surface area contributed by atoms with Crippen LogP contribution in [0.25, 0.3) is 0 Å². The summed E-state index contributed by atoms with van der Waals surface area (Å²) >= 11 is 0. The Morgan fingerprint density at radius 3 is 2.38 bits per heavy atom. The van der Waals surface area contributed by atoms with E-state index in [1.54, 1.807) is 4.90 Å². The van der Waals surface area contributed by atoms with Crippen molar-refractivity contribution in [3.63, 3.8) is 0 Å². The maximum absolute atomic E-state index is 11.6. The first-order valence-electron chi connectivity index (χ1n) is 5.85. The van der Waals surface area contributed by atoms with Gasteiger partial charge in [0, 0.05) is 25.6 Å². The number of carbonyl (C=O) groups excluding carboxylic acids is 1. The van der Waals surface area contributed by atoms with E-state index in [0.29, 0.717) is 18.9 Å². The number of carbonyl (C=O) groups is 1. The van der Waals surface area contributed by atoms with Gasteiger partial charge in [0.15, 0.2) is 5.96 Å². The Bertz CT molecular complexity index is 234. The van der Waals surface area contributed by atoms with Crippen LogP contribution in [0.2, 0.25) is 0 Å². The van der Waals surface area contributed by atoms with Crippen LogP contribution in [-0.2, 0) is 4.79 Å². The molecule has 0 bridgehead atoms. The molecule has 5 nitrogen and oxygen atoms in total. The van der Waals surface area contributed by atoms with Gasteiger partial charge in [-0.1, -0.05) is 0 Å². The van der Waals surface area contributed by atoms with Crippen molar-refractivity contribution < 1.29 is 4.79 Å². The van der Waals surface area contributed by atoms with Gasteiger partial charge in [-0.3, -0.25) is 9.79 Å². The van der Waals surface area contributed by atoms with Crippen molar-refractivity contribution in [3.8, 4) is 0 Å². The van der Waals surface area contributed by atoms with Gasteiger partial charge in [-0.2, -0.15) is 0 Å². The first-order chi connectivity index (χ1) is 7.51. The van der Waals surface area contributed by atoms with Crippen molar-refractivity contribution in [1.82, 2.24) is 10.2 Å². The Labute approximate surface area is 98.1 Å². The zero-order valence-corrected chi connectivity index (χ0v) is 10.8. The molecule has 0 saturated carbocycles. The molecule has 0 atom stereocenters. The van der Waals surface area contributed by atoms with Crippen LogP contribution in [0, 0.1) is 0 Å². The van der Waals surface area contributed by atoms with Crippen molar-refractivity contribution in [1.29, 1.82) is 0 Å². The first-order valence-corrected chi connectivity index (χ1v) is 5.85. The van der Waals surface area contributed by atoms with Gasteiger partial charge in [0.05, 0.1) is 6.54 Å². The number of hydrogen-bond donors (Lipinski definition) is 2. The Balaban J connectivity index is 3.92. The second-order valence-electron chi connectivity index (χ2n) is 3.88. The summed E-state index contributed by atoms with van der Waals surface area (Å²) < 4.78 is 0. The molecule has 0 aromatic heterocycles. The van der Waals surface area contributed by atoms with Gasteiger partial charge in [-0.15, -0.1) is 0 Å². The van der Waals surface area contributed by atoms with Crippen LogP contribution in [0.4, 0.5) is 0 Å². The van der Waals surface area contributed by atoms with Gasteiger partial charge in [-0.05, 0) is 27.7 Å². The molecule has 0 fully saturated rings. The van der Waals surface area contributed by atoms with Crippen molar-refractivity contribution >= 4 is 11.9 Å². The summed E-state index contributed by atoms with van der Waals surface area (Å²) in [5, 5.41) is 2.98. The fourth-order valence-corrected chi connectivity index (χ4v) is 1.35. The normalized spacial score (nSPS) is 11.7. The second-order valence-corrected chi connectivity index (χ2v) is 3.88. The van der Waals surface area contributed by atoms with Gasteiger partial charge in [-0.25, -0.2) is 0 Å². The average Bonchev–Trinajstić information content (AvgIpc) is 2.18. The quantitative estimate of drug-likeness (QED) is 0.515. The molecule has 0 radical (unpaired) electrons. The predicted molar refractivity (Wildman–Crippen MR) is 67.3 cm³/mol. The third-order valence-electron chi connectivity index (χ3n) is 2.16. The summed E-state index contributed by atoms with van der Waals surface area (Å²) in [6.07, 6.45) is 0.419. The number of nitrogens with two attached hydrogens (primary N) is 1. The van der Waals surface area contributed by atoms with Crippen LogP contribution < -0.4 is 11.1 Å². The van der Waals surface area contributed by atoms with Crippen LogP contribution in [0.15, 0.2) is 4.99 Å². The fourth-order valence-electron chi connectivity index (χ4n) is 1.35. The number of aliphatic imine (C=N–C) groups is 1. The third-order valence-corrected chi connectivity index (χ3v) is 2.16. The minimum Gasteiger partial charge on any atom is -0.370 e. The highest BCUT2D eigenvalue weighted by Gasteiger charge is 2.08. The summed E-state index contributed by atoms with van der Waals surface area (Å²) in [6, 6.07) is 0.266. The zero-order valence-electron chi connectivity index (χ0n) is 10.8. The number of rotatable bonds is 6. The monoisotopic (exact) mass is 228 g/mol. The minimum atomic E-state index is 0.131. The fraction of sp³-hybridized carbons (Fsp3) is 0.818. The zero-order chi connectivity index (χ0) is 12.6. The highest BCUT2D eigenvalue weighted by atomic mass is 16.2. The molecule has 3 N–H and O–H groups in total. The van der Waals surface area contributed by atoms with E-state index in [0.717, 1.165) is 13.1 Å². The summed E-state index contributed by atoms with van der Waals surface area (Å²) in [4.78, 5) is 17.5. The molecule has 0 aliphatic rings. The highest BCUT2D eigenvalue weighted by Crippen LogP contribution is 1.94. The SMILES string of the molecule is CCN(CC)C(=O)CCN=C(N)NC(C)C. The maximum Gasteiger partial charge on any atom is 0.224 e. The molecule has 0 heterocycles. The Morgan fingerprint density at radius 1 is 1.38 bits per heavy atom. The van der Waals surface area contributed by atoms with Gasteiger partial charge in [0.25, 0.3) is 0 Å². The summed E-state index contributed by atoms with van der Waals surface area (Å²) in [6.45, 7) is 9.87. The van der Waals surface area contributed by atoms with Crippen LogP contribution in [0.5, 0.6) is 0 Å². The second kappa shape index (κ2) is 7.96. The molecule has 0 spiro atoms. The number of guanidine groups is 1. The lowest BCUT2D eigenvalue weighted by molar-refractivity contribution is -0.130. The van der Waals surface area contributed by atoms with Gasteiger partial charge in [0.2, 0.25) is 5.91 Å². The van der Waals surface area contributed by atoms with Crippen molar-refractivity contribution in [3.05, 3.63) is 0 Å². The third kappa shape index (κ3) is 6.27.